The molecule has 0 bridgehead atoms. The van der Waals surface area contributed by atoms with Gasteiger partial charge in [0.05, 0.1) is 6.61 Å². The maximum absolute atomic E-state index is 10.2. The number of hydrogen-bond donors (Lipinski definition) is 0. The van der Waals surface area contributed by atoms with Crippen LogP contribution in [0.25, 0.3) is 0 Å². The highest BCUT2D eigenvalue weighted by Crippen LogP contribution is 2.08. The first kappa shape index (κ1) is 6.86. The summed E-state index contributed by atoms with van der Waals surface area (Å²) in [5, 5.41) is 0. The summed E-state index contributed by atoms with van der Waals surface area (Å²) in [6.07, 6.45) is 2.36. The summed E-state index contributed by atoms with van der Waals surface area (Å²) in [6, 6.07) is 3.51. The number of nitrogens with zero attached hydrogens (tertiary/aromatic N) is 1. The van der Waals surface area contributed by atoms with E-state index in [1.54, 1.807) is 18.3 Å². The predicted octanol–water partition coefficient (Wildman–Crippen LogP) is 0.925. The highest BCUT2D eigenvalue weighted by atomic mass is 16.5. The van der Waals surface area contributed by atoms with Crippen molar-refractivity contribution in [2.75, 3.05) is 6.61 Å². The molecular weight excluding hydrogens is 130 g/mol. The normalized spacial score (nSPS) is 9.30. The monoisotopic (exact) mass is 139 g/mol. The molecule has 0 saturated heterocycles. The summed E-state index contributed by atoms with van der Waals surface area (Å²) >= 11 is 0. The van der Waals surface area contributed by atoms with Crippen LogP contribution < -0.4 is 4.74 Å². The van der Waals surface area contributed by atoms with Crippen LogP contribution in [-0.4, -0.2) is 17.6 Å². The van der Waals surface area contributed by atoms with Crippen molar-refractivity contribution in [1.29, 1.82) is 0 Å². The summed E-state index contributed by atoms with van der Waals surface area (Å²) in [5.74, 6) is 0.595. The fraction of sp³-hybridized carbons (Fsp3) is 0.286. The van der Waals surface area contributed by atoms with Gasteiger partial charge in [-0.15, -0.1) is 0 Å². The standard InChI is InChI=1S/C7H9NO2/c1-2-10-7-4-3-5-8(7)6-9/h3-6H,2H2,1H3. The first-order valence-electron chi connectivity index (χ1n) is 3.13. The second-order valence-corrected chi connectivity index (χ2v) is 1.79. The molecule has 0 aliphatic heterocycles. The average molecular weight is 139 g/mol. The summed E-state index contributed by atoms with van der Waals surface area (Å²) in [7, 11) is 0. The maximum Gasteiger partial charge on any atom is 0.220 e. The summed E-state index contributed by atoms with van der Waals surface area (Å²) in [6.45, 7) is 2.46. The molecule has 0 radical (unpaired) electrons. The molecule has 10 heavy (non-hydrogen) atoms. The van der Waals surface area contributed by atoms with Crippen LogP contribution in [0.5, 0.6) is 5.88 Å². The van der Waals surface area contributed by atoms with E-state index < -0.39 is 0 Å². The largest absolute Gasteiger partial charge is 0.479 e. The predicted molar refractivity (Wildman–Crippen MR) is 37.7 cm³/mol. The van der Waals surface area contributed by atoms with Gasteiger partial charge in [-0.1, -0.05) is 0 Å². The highest BCUT2D eigenvalue weighted by molar-refractivity contribution is 5.55. The van der Waals surface area contributed by atoms with Crippen LogP contribution in [-0.2, 0) is 4.79 Å². The van der Waals surface area contributed by atoms with Gasteiger partial charge in [-0.25, -0.2) is 0 Å². The smallest absolute Gasteiger partial charge is 0.220 e. The zero-order valence-corrected chi connectivity index (χ0v) is 5.78. The van der Waals surface area contributed by atoms with Gasteiger partial charge in [-0.05, 0) is 13.0 Å². The van der Waals surface area contributed by atoms with Crippen molar-refractivity contribution >= 4 is 6.41 Å². The molecule has 0 aromatic carbocycles. The van der Waals surface area contributed by atoms with Crippen molar-refractivity contribution < 1.29 is 9.53 Å². The maximum atomic E-state index is 10.2. The summed E-state index contributed by atoms with van der Waals surface area (Å²) in [5.41, 5.74) is 0. The molecule has 3 nitrogen and oxygen atoms in total. The van der Waals surface area contributed by atoms with Crippen LogP contribution in [0.15, 0.2) is 18.3 Å². The molecule has 0 N–H and O–H groups in total. The Hall–Kier alpha value is -1.25. The Balaban J connectivity index is 2.79. The van der Waals surface area contributed by atoms with Crippen molar-refractivity contribution in [2.24, 2.45) is 0 Å². The lowest BCUT2D eigenvalue weighted by atomic mass is 10.6. The molecule has 1 aromatic heterocycles. The van der Waals surface area contributed by atoms with Crippen molar-refractivity contribution in [2.45, 2.75) is 6.92 Å². The van der Waals surface area contributed by atoms with Gasteiger partial charge in [-0.3, -0.25) is 9.36 Å². The number of carbonyl (C=O) groups excluding carboxylic acids is 1. The molecule has 0 aliphatic rings. The molecular formula is C7H9NO2. The van der Waals surface area contributed by atoms with E-state index in [-0.39, 0.29) is 0 Å². The topological polar surface area (TPSA) is 31.2 Å². The fourth-order valence-electron chi connectivity index (χ4n) is 0.735. The molecule has 0 spiro atoms. The molecule has 0 unspecified atom stereocenters. The van der Waals surface area contributed by atoms with Crippen LogP contribution in [0.2, 0.25) is 0 Å². The van der Waals surface area contributed by atoms with Crippen LogP contribution >= 0.6 is 0 Å². The van der Waals surface area contributed by atoms with E-state index >= 15 is 0 Å². The number of rotatable bonds is 3. The van der Waals surface area contributed by atoms with E-state index in [1.165, 1.54) is 4.57 Å². The lowest BCUT2D eigenvalue weighted by Crippen LogP contribution is -1.99. The van der Waals surface area contributed by atoms with E-state index in [0.717, 1.165) is 0 Å². The second kappa shape index (κ2) is 3.06. The Labute approximate surface area is 59.2 Å². The van der Waals surface area contributed by atoms with Gasteiger partial charge in [0, 0.05) is 12.3 Å². The van der Waals surface area contributed by atoms with Gasteiger partial charge in [0.2, 0.25) is 6.41 Å². The molecule has 0 fully saturated rings. The molecule has 54 valence electrons. The third-order valence-corrected chi connectivity index (χ3v) is 1.15. The van der Waals surface area contributed by atoms with E-state index in [4.69, 9.17) is 4.74 Å². The zero-order chi connectivity index (χ0) is 7.40. The summed E-state index contributed by atoms with van der Waals surface area (Å²) in [4.78, 5) is 10.2. The molecule has 1 aromatic rings. The molecule has 1 heterocycles. The van der Waals surface area contributed by atoms with E-state index in [0.29, 0.717) is 18.9 Å². The van der Waals surface area contributed by atoms with Crippen molar-refractivity contribution in [1.82, 2.24) is 4.57 Å². The minimum absolute atomic E-state index is 0.581. The van der Waals surface area contributed by atoms with Crippen molar-refractivity contribution in [3.05, 3.63) is 18.3 Å². The van der Waals surface area contributed by atoms with Crippen molar-refractivity contribution in [3.8, 4) is 5.88 Å². The Morgan fingerprint density at radius 3 is 3.20 bits per heavy atom. The number of hydrogen-bond acceptors (Lipinski definition) is 2. The highest BCUT2D eigenvalue weighted by Gasteiger charge is 1.96. The number of ether oxygens (including phenoxy) is 1. The van der Waals surface area contributed by atoms with Gasteiger partial charge in [0.15, 0.2) is 5.88 Å². The van der Waals surface area contributed by atoms with Gasteiger partial charge in [0.25, 0.3) is 0 Å². The van der Waals surface area contributed by atoms with E-state index in [9.17, 15) is 4.79 Å². The molecule has 3 heteroatoms. The lowest BCUT2D eigenvalue weighted by Gasteiger charge is -2.00. The minimum Gasteiger partial charge on any atom is -0.479 e. The van der Waals surface area contributed by atoms with Crippen LogP contribution in [0.3, 0.4) is 0 Å². The van der Waals surface area contributed by atoms with Crippen LogP contribution in [0.4, 0.5) is 0 Å². The minimum atomic E-state index is 0.581. The summed E-state index contributed by atoms with van der Waals surface area (Å²) < 4.78 is 6.49. The zero-order valence-electron chi connectivity index (χ0n) is 5.78. The first-order chi connectivity index (χ1) is 4.88. The Morgan fingerprint density at radius 1 is 1.80 bits per heavy atom. The third kappa shape index (κ3) is 1.18. The SMILES string of the molecule is CCOc1cccn1C=O. The van der Waals surface area contributed by atoms with Crippen LogP contribution in [0.1, 0.15) is 6.92 Å². The van der Waals surface area contributed by atoms with E-state index in [2.05, 4.69) is 0 Å². The van der Waals surface area contributed by atoms with Gasteiger partial charge in [-0.2, -0.15) is 0 Å². The lowest BCUT2D eigenvalue weighted by molar-refractivity contribution is 0.321. The van der Waals surface area contributed by atoms with Crippen molar-refractivity contribution in [3.63, 3.8) is 0 Å². The van der Waals surface area contributed by atoms with E-state index in [1.807, 2.05) is 6.92 Å². The molecule has 0 aliphatic carbocycles. The second-order valence-electron chi connectivity index (χ2n) is 1.79. The number of carbonyl (C=O) groups is 1. The molecule has 0 atom stereocenters. The van der Waals surface area contributed by atoms with Gasteiger partial charge < -0.3 is 4.74 Å². The van der Waals surface area contributed by atoms with Gasteiger partial charge in [0.1, 0.15) is 0 Å². The molecule has 1 rings (SSSR count). The first-order valence-corrected chi connectivity index (χ1v) is 3.13. The quantitative estimate of drug-likeness (QED) is 0.583. The Morgan fingerprint density at radius 2 is 2.60 bits per heavy atom. The molecule has 0 saturated carbocycles. The van der Waals surface area contributed by atoms with Crippen LogP contribution in [0, 0.1) is 0 Å². The fourth-order valence-corrected chi connectivity index (χ4v) is 0.735. The molecule has 0 amide bonds. The third-order valence-electron chi connectivity index (χ3n) is 1.15. The Kier molecular flexibility index (Phi) is 2.10. The van der Waals surface area contributed by atoms with Gasteiger partial charge >= 0.3 is 0 Å². The average Bonchev–Trinajstić information content (AvgIpc) is 2.36. The number of aromatic nitrogens is 1. The Bertz CT molecular complexity index is 217.